The van der Waals surface area contributed by atoms with E-state index in [4.69, 9.17) is 4.84 Å². The first-order chi connectivity index (χ1) is 19.9. The van der Waals surface area contributed by atoms with Gasteiger partial charge in [0.25, 0.3) is 5.91 Å². The molecule has 1 amide bonds. The van der Waals surface area contributed by atoms with Gasteiger partial charge >= 0.3 is 5.97 Å². The summed E-state index contributed by atoms with van der Waals surface area (Å²) in [5.41, 5.74) is 0.0184. The van der Waals surface area contributed by atoms with E-state index in [0.29, 0.717) is 31.4 Å². The van der Waals surface area contributed by atoms with Gasteiger partial charge in [-0.3, -0.25) is 9.59 Å². The van der Waals surface area contributed by atoms with Gasteiger partial charge < -0.3 is 30.6 Å². The Kier molecular flexibility index (Phi) is 8.35. The van der Waals surface area contributed by atoms with Gasteiger partial charge in [0.2, 0.25) is 0 Å². The fourth-order valence-corrected chi connectivity index (χ4v) is 8.82. The van der Waals surface area contributed by atoms with Crippen LogP contribution in [0.25, 0.3) is 0 Å². The first-order valence-electron chi connectivity index (χ1n) is 14.9. The summed E-state index contributed by atoms with van der Waals surface area (Å²) in [5.74, 6) is -2.04. The van der Waals surface area contributed by atoms with Crippen molar-refractivity contribution in [1.82, 2.24) is 5.32 Å². The standard InChI is InChI=1S/C32H42N2O8/c1-30-12-10-21(34-42-18-27(38)33-24(29(39)40)14-19-6-4-3-5-7-19)15-20(30)8-9-22-23-11-13-32(41,26(37)17-35)31(23,2)16-25(36)28(22)30/h3-7,15,22-25,28,35-36,41H,8-14,16-18H2,1-2H3,(H,33,38)(H,39,40)/b34-21+/t22-,23-,24+,25+,28+,30+,31+,32+/m1/s1. The number of rotatable bonds is 9. The zero-order chi connectivity index (χ0) is 30.3. The molecule has 1 aromatic carbocycles. The molecule has 0 radical (unpaired) electrons. The van der Waals surface area contributed by atoms with Crippen LogP contribution in [0.5, 0.6) is 0 Å². The summed E-state index contributed by atoms with van der Waals surface area (Å²) in [6.07, 6.45) is 5.74. The number of benzene rings is 1. The van der Waals surface area contributed by atoms with Gasteiger partial charge in [-0.1, -0.05) is 54.9 Å². The maximum Gasteiger partial charge on any atom is 0.326 e. The number of nitrogens with zero attached hydrogens (tertiary/aromatic N) is 1. The first-order valence-corrected chi connectivity index (χ1v) is 14.9. The third kappa shape index (κ3) is 5.18. The second kappa shape index (κ2) is 11.5. The van der Waals surface area contributed by atoms with Gasteiger partial charge in [-0.25, -0.2) is 4.79 Å². The molecule has 8 atom stereocenters. The van der Waals surface area contributed by atoms with Gasteiger partial charge in [0.05, 0.1) is 11.8 Å². The minimum atomic E-state index is -1.61. The molecule has 1 aromatic rings. The molecule has 5 N–H and O–H groups in total. The highest BCUT2D eigenvalue weighted by molar-refractivity contribution is 5.96. The number of aliphatic hydroxyl groups is 3. The van der Waals surface area contributed by atoms with Crippen molar-refractivity contribution in [2.45, 2.75) is 83.0 Å². The summed E-state index contributed by atoms with van der Waals surface area (Å²) in [4.78, 5) is 42.0. The van der Waals surface area contributed by atoms with E-state index < -0.39 is 54.0 Å². The van der Waals surface area contributed by atoms with Crippen LogP contribution >= 0.6 is 0 Å². The molecule has 5 rings (SSSR count). The Balaban J connectivity index is 1.23. The van der Waals surface area contributed by atoms with Crippen LogP contribution in [0.4, 0.5) is 0 Å². The lowest BCUT2D eigenvalue weighted by molar-refractivity contribution is -0.181. The quantitative estimate of drug-likeness (QED) is 0.277. The Bertz CT molecular complexity index is 1280. The molecule has 0 heterocycles. The number of hydrogen-bond donors (Lipinski definition) is 5. The van der Waals surface area contributed by atoms with Crippen molar-refractivity contribution in [2.75, 3.05) is 13.2 Å². The van der Waals surface area contributed by atoms with E-state index in [9.17, 15) is 34.8 Å². The number of ketones is 1. The lowest BCUT2D eigenvalue weighted by Crippen LogP contribution is -2.62. The lowest BCUT2D eigenvalue weighted by atomic mass is 9.45. The summed E-state index contributed by atoms with van der Waals surface area (Å²) in [7, 11) is 0. The average Bonchev–Trinajstić information content (AvgIpc) is 3.23. The summed E-state index contributed by atoms with van der Waals surface area (Å²) >= 11 is 0. The molecule has 42 heavy (non-hydrogen) atoms. The van der Waals surface area contributed by atoms with Gasteiger partial charge in [-0.05, 0) is 79.8 Å². The Labute approximate surface area is 245 Å². The van der Waals surface area contributed by atoms with E-state index in [1.807, 2.05) is 31.2 Å². The topological polar surface area (TPSA) is 166 Å². The number of carboxylic acids is 1. The Morgan fingerprint density at radius 2 is 1.86 bits per heavy atom. The molecule has 0 unspecified atom stereocenters. The predicted molar refractivity (Wildman–Crippen MR) is 153 cm³/mol. The molecule has 3 fully saturated rings. The number of allylic oxidation sites excluding steroid dienone is 2. The molecule has 10 nitrogen and oxygen atoms in total. The monoisotopic (exact) mass is 582 g/mol. The van der Waals surface area contributed by atoms with Crippen molar-refractivity contribution in [3.63, 3.8) is 0 Å². The van der Waals surface area contributed by atoms with E-state index in [2.05, 4.69) is 17.4 Å². The van der Waals surface area contributed by atoms with Crippen molar-refractivity contribution in [1.29, 1.82) is 0 Å². The van der Waals surface area contributed by atoms with Crippen molar-refractivity contribution in [3.8, 4) is 0 Å². The third-order valence-electron chi connectivity index (χ3n) is 11.0. The molecular weight excluding hydrogens is 540 g/mol. The van der Waals surface area contributed by atoms with Gasteiger partial charge in [-0.15, -0.1) is 0 Å². The summed E-state index contributed by atoms with van der Waals surface area (Å²) in [5, 5.41) is 48.7. The Morgan fingerprint density at radius 1 is 1.12 bits per heavy atom. The van der Waals surface area contributed by atoms with Crippen LogP contribution in [-0.4, -0.2) is 74.8 Å². The molecule has 0 bridgehead atoms. The first kappa shape index (κ1) is 30.4. The molecule has 10 heteroatoms. The number of nitrogens with one attached hydrogen (secondary N) is 1. The minimum Gasteiger partial charge on any atom is -0.480 e. The Morgan fingerprint density at radius 3 is 2.55 bits per heavy atom. The molecular formula is C32H42N2O8. The number of amides is 1. The lowest BCUT2D eigenvalue weighted by Gasteiger charge is -2.60. The fraction of sp³-hybridized carbons (Fsp3) is 0.625. The number of carbonyl (C=O) groups excluding carboxylic acids is 2. The fourth-order valence-electron chi connectivity index (χ4n) is 8.82. The highest BCUT2D eigenvalue weighted by atomic mass is 16.6. The van der Waals surface area contributed by atoms with Crippen LogP contribution in [-0.2, 0) is 25.6 Å². The van der Waals surface area contributed by atoms with Crippen LogP contribution in [0.15, 0.2) is 47.1 Å². The number of Topliss-reactive ketones (excluding diaryl/α,β-unsaturated/α-hetero) is 1. The molecule has 0 aliphatic heterocycles. The molecule has 4 aliphatic carbocycles. The van der Waals surface area contributed by atoms with Crippen molar-refractivity contribution in [3.05, 3.63) is 47.5 Å². The van der Waals surface area contributed by atoms with Crippen LogP contribution in [0, 0.1) is 28.6 Å². The van der Waals surface area contributed by atoms with Crippen LogP contribution < -0.4 is 5.32 Å². The molecule has 4 aliphatic rings. The minimum absolute atomic E-state index is 0.0204. The number of carboxylic acid groups (broad SMARTS) is 1. The largest absolute Gasteiger partial charge is 0.480 e. The maximum atomic E-state index is 12.6. The third-order valence-corrected chi connectivity index (χ3v) is 11.0. The highest BCUT2D eigenvalue weighted by Gasteiger charge is 2.68. The zero-order valence-corrected chi connectivity index (χ0v) is 24.3. The van der Waals surface area contributed by atoms with Gasteiger partial charge in [0.15, 0.2) is 12.4 Å². The van der Waals surface area contributed by atoms with Crippen molar-refractivity contribution >= 4 is 23.4 Å². The van der Waals surface area contributed by atoms with Crippen LogP contribution in [0.3, 0.4) is 0 Å². The normalized spacial score (nSPS) is 37.1. The Hall–Kier alpha value is -3.08. The van der Waals surface area contributed by atoms with Crippen LogP contribution in [0.1, 0.15) is 64.4 Å². The molecule has 0 spiro atoms. The van der Waals surface area contributed by atoms with E-state index >= 15 is 0 Å². The summed E-state index contributed by atoms with van der Waals surface area (Å²) in [6, 6.07) is 7.99. The SMILES string of the molecule is C[C@]12CC/C(=N\OCC(=O)N[C@@H](Cc3ccccc3)C(=O)O)C=C1CC[C@H]1[C@H]2[C@@H](O)C[C@@]2(C)[C@@H]1CC[C@]2(O)C(=O)CO. The van der Waals surface area contributed by atoms with E-state index in [1.165, 1.54) is 5.57 Å². The van der Waals surface area contributed by atoms with Gasteiger partial charge in [0.1, 0.15) is 18.2 Å². The number of aliphatic hydroxyl groups excluding tert-OH is 2. The van der Waals surface area contributed by atoms with Gasteiger partial charge in [0, 0.05) is 11.8 Å². The average molecular weight is 583 g/mol. The second-order valence-electron chi connectivity index (χ2n) is 13.1. The second-order valence-corrected chi connectivity index (χ2v) is 13.1. The van der Waals surface area contributed by atoms with Crippen molar-refractivity contribution in [2.24, 2.45) is 33.7 Å². The van der Waals surface area contributed by atoms with Crippen molar-refractivity contribution < 1.29 is 39.6 Å². The highest BCUT2D eigenvalue weighted by Crippen LogP contribution is 2.67. The molecule has 0 aromatic heterocycles. The number of aliphatic carboxylic acids is 1. The molecule has 0 saturated heterocycles. The predicted octanol–water partition coefficient (Wildman–Crippen LogP) is 2.40. The van der Waals surface area contributed by atoms with E-state index in [1.54, 1.807) is 12.1 Å². The number of hydrogen-bond acceptors (Lipinski definition) is 8. The van der Waals surface area contributed by atoms with E-state index in [0.717, 1.165) is 24.8 Å². The zero-order valence-electron chi connectivity index (χ0n) is 24.3. The molecule has 228 valence electrons. The van der Waals surface area contributed by atoms with E-state index in [-0.39, 0.29) is 29.6 Å². The number of carbonyl (C=O) groups is 3. The summed E-state index contributed by atoms with van der Waals surface area (Å²) in [6.45, 7) is 2.99. The summed E-state index contributed by atoms with van der Waals surface area (Å²) < 4.78 is 0. The number of fused-ring (bicyclic) bond motifs is 5. The number of oxime groups is 1. The van der Waals surface area contributed by atoms with Gasteiger partial charge in [-0.2, -0.15) is 0 Å². The molecule has 3 saturated carbocycles. The smallest absolute Gasteiger partial charge is 0.326 e. The maximum absolute atomic E-state index is 12.6. The van der Waals surface area contributed by atoms with Crippen LogP contribution in [0.2, 0.25) is 0 Å².